The number of H-pyrrole nitrogens is 2. The second-order valence-corrected chi connectivity index (χ2v) is 5.42. The molecule has 0 aliphatic carbocycles. The van der Waals surface area contributed by atoms with Gasteiger partial charge in [-0.25, -0.2) is 0 Å². The first-order chi connectivity index (χ1) is 11.8. The zero-order valence-corrected chi connectivity index (χ0v) is 12.6. The molecular formula is C19H13N3O2. The predicted octanol–water partition coefficient (Wildman–Crippen LogP) is 3.15. The number of hydrogen-bond donors (Lipinski definition) is 2. The summed E-state index contributed by atoms with van der Waals surface area (Å²) < 4.78 is 0. The summed E-state index contributed by atoms with van der Waals surface area (Å²) >= 11 is 0. The van der Waals surface area contributed by atoms with Crippen molar-refractivity contribution in [2.75, 3.05) is 0 Å². The topological polar surface area (TPSA) is 78.6 Å². The molecule has 0 aliphatic rings. The molecule has 4 aromatic rings. The minimum atomic E-state index is -0.329. The van der Waals surface area contributed by atoms with Gasteiger partial charge in [0, 0.05) is 5.56 Å². The largest absolute Gasteiger partial charge is 0.339 e. The summed E-state index contributed by atoms with van der Waals surface area (Å²) in [4.78, 5) is 29.0. The molecule has 5 nitrogen and oxygen atoms in total. The highest BCUT2D eigenvalue weighted by Crippen LogP contribution is 2.23. The number of carbonyl (C=O) groups is 1. The van der Waals surface area contributed by atoms with Crippen LogP contribution in [-0.4, -0.2) is 21.0 Å². The van der Waals surface area contributed by atoms with Gasteiger partial charge in [-0.05, 0) is 5.56 Å². The number of aromatic amines is 2. The van der Waals surface area contributed by atoms with Gasteiger partial charge in [-0.15, -0.1) is 0 Å². The molecule has 0 radical (unpaired) electrons. The molecule has 0 amide bonds. The lowest BCUT2D eigenvalue weighted by Gasteiger charge is -2.09. The fraction of sp³-hybridized carbons (Fsp3) is 0. The molecule has 0 fully saturated rings. The van der Waals surface area contributed by atoms with E-state index in [0.717, 1.165) is 5.56 Å². The van der Waals surface area contributed by atoms with Crippen LogP contribution in [0.3, 0.4) is 0 Å². The number of fused-ring (bicyclic) bond motifs is 1. The Kier molecular flexibility index (Phi) is 3.31. The summed E-state index contributed by atoms with van der Waals surface area (Å²) in [7, 11) is 0. The van der Waals surface area contributed by atoms with Gasteiger partial charge < -0.3 is 4.98 Å². The van der Waals surface area contributed by atoms with Crippen molar-refractivity contribution in [2.24, 2.45) is 0 Å². The van der Waals surface area contributed by atoms with Crippen molar-refractivity contribution in [3.8, 4) is 11.3 Å². The van der Waals surface area contributed by atoms with E-state index in [2.05, 4.69) is 15.2 Å². The molecule has 0 bridgehead atoms. The van der Waals surface area contributed by atoms with E-state index in [4.69, 9.17) is 0 Å². The maximum absolute atomic E-state index is 13.0. The molecule has 0 saturated carbocycles. The normalized spacial score (nSPS) is 10.8. The number of benzene rings is 2. The first-order valence-electron chi connectivity index (χ1n) is 7.50. The van der Waals surface area contributed by atoms with Crippen LogP contribution in [0.4, 0.5) is 0 Å². The smallest absolute Gasteiger partial charge is 0.204 e. The lowest BCUT2D eigenvalue weighted by atomic mass is 9.97. The number of hydrogen-bond acceptors (Lipinski definition) is 3. The van der Waals surface area contributed by atoms with Crippen LogP contribution in [0, 0.1) is 0 Å². The Labute approximate surface area is 137 Å². The highest BCUT2D eigenvalue weighted by molar-refractivity contribution is 6.13. The average Bonchev–Trinajstić information content (AvgIpc) is 3.11. The maximum Gasteiger partial charge on any atom is 0.204 e. The lowest BCUT2D eigenvalue weighted by molar-refractivity contribution is 0.103. The van der Waals surface area contributed by atoms with E-state index in [1.165, 1.54) is 6.20 Å². The zero-order valence-electron chi connectivity index (χ0n) is 12.6. The summed E-state index contributed by atoms with van der Waals surface area (Å²) in [6, 6.07) is 18.1. The van der Waals surface area contributed by atoms with Gasteiger partial charge in [0.15, 0.2) is 5.78 Å². The fourth-order valence-corrected chi connectivity index (χ4v) is 2.76. The van der Waals surface area contributed by atoms with Crippen molar-refractivity contribution in [1.82, 2.24) is 15.2 Å². The van der Waals surface area contributed by atoms with E-state index in [-0.39, 0.29) is 16.8 Å². The van der Waals surface area contributed by atoms with E-state index in [1.54, 1.807) is 24.3 Å². The number of nitrogens with zero attached hydrogens (tertiary/aromatic N) is 1. The highest BCUT2D eigenvalue weighted by atomic mass is 16.1. The van der Waals surface area contributed by atoms with Crippen molar-refractivity contribution in [3.05, 3.63) is 88.2 Å². The monoisotopic (exact) mass is 315 g/mol. The number of rotatable bonds is 3. The van der Waals surface area contributed by atoms with Gasteiger partial charge in [0.2, 0.25) is 5.43 Å². The molecule has 0 spiro atoms. The Morgan fingerprint density at radius 3 is 2.29 bits per heavy atom. The molecule has 2 aromatic heterocycles. The Morgan fingerprint density at radius 2 is 1.58 bits per heavy atom. The highest BCUT2D eigenvalue weighted by Gasteiger charge is 2.21. The predicted molar refractivity (Wildman–Crippen MR) is 92.0 cm³/mol. The molecule has 5 heteroatoms. The van der Waals surface area contributed by atoms with E-state index in [9.17, 15) is 9.59 Å². The minimum Gasteiger partial charge on any atom is -0.339 e. The summed E-state index contributed by atoms with van der Waals surface area (Å²) in [5, 5.41) is 7.03. The maximum atomic E-state index is 13.0. The molecule has 24 heavy (non-hydrogen) atoms. The van der Waals surface area contributed by atoms with Crippen LogP contribution in [0.5, 0.6) is 0 Å². The van der Waals surface area contributed by atoms with Crippen molar-refractivity contribution in [1.29, 1.82) is 0 Å². The molecule has 116 valence electrons. The van der Waals surface area contributed by atoms with Crippen LogP contribution >= 0.6 is 0 Å². The van der Waals surface area contributed by atoms with Crippen LogP contribution < -0.4 is 5.43 Å². The molecular weight excluding hydrogens is 302 g/mol. The van der Waals surface area contributed by atoms with E-state index in [1.807, 2.05) is 36.4 Å². The Morgan fingerprint density at radius 1 is 0.917 bits per heavy atom. The van der Waals surface area contributed by atoms with Gasteiger partial charge in [-0.3, -0.25) is 14.7 Å². The number of aromatic nitrogens is 3. The van der Waals surface area contributed by atoms with E-state index >= 15 is 0 Å². The van der Waals surface area contributed by atoms with Gasteiger partial charge in [0.1, 0.15) is 5.65 Å². The van der Waals surface area contributed by atoms with Gasteiger partial charge in [-0.2, -0.15) is 5.10 Å². The molecule has 2 N–H and O–H groups in total. The van der Waals surface area contributed by atoms with Crippen molar-refractivity contribution in [3.63, 3.8) is 0 Å². The Balaban J connectivity index is 2.04. The molecule has 0 atom stereocenters. The van der Waals surface area contributed by atoms with Crippen molar-refractivity contribution >= 4 is 16.8 Å². The summed E-state index contributed by atoms with van der Waals surface area (Å²) in [6.45, 7) is 0. The fourth-order valence-electron chi connectivity index (χ4n) is 2.76. The third-order valence-corrected chi connectivity index (χ3v) is 3.94. The third kappa shape index (κ3) is 2.23. The summed E-state index contributed by atoms with van der Waals surface area (Å²) in [5.41, 5.74) is 2.04. The SMILES string of the molecule is O=C(c1ccccc1)c1c(-c2ccccc2)[nH]c2[nH]ncc2c1=O. The quantitative estimate of drug-likeness (QED) is 0.570. The number of nitrogens with one attached hydrogen (secondary N) is 2. The van der Waals surface area contributed by atoms with E-state index in [0.29, 0.717) is 22.3 Å². The van der Waals surface area contributed by atoms with Crippen LogP contribution in [0.25, 0.3) is 22.3 Å². The zero-order chi connectivity index (χ0) is 16.5. The Bertz CT molecular complexity index is 1080. The standard InChI is InChI=1S/C19H13N3O2/c23-17(13-9-5-2-6-10-13)15-16(12-7-3-1-4-8-12)21-19-14(18(15)24)11-20-22-19/h1-11H,(H2,20,21,22,24). The number of ketones is 1. The second-order valence-electron chi connectivity index (χ2n) is 5.42. The number of pyridine rings is 1. The second kappa shape index (κ2) is 5.62. The average molecular weight is 315 g/mol. The van der Waals surface area contributed by atoms with Gasteiger partial charge >= 0.3 is 0 Å². The van der Waals surface area contributed by atoms with Crippen LogP contribution in [0.2, 0.25) is 0 Å². The lowest BCUT2D eigenvalue weighted by Crippen LogP contribution is -2.18. The first kappa shape index (κ1) is 14.1. The molecule has 4 rings (SSSR count). The Hall–Kier alpha value is -3.47. The number of carbonyl (C=O) groups excluding carboxylic acids is 1. The summed E-state index contributed by atoms with van der Waals surface area (Å²) in [5.74, 6) is -0.307. The van der Waals surface area contributed by atoms with Gasteiger partial charge in [-0.1, -0.05) is 60.7 Å². The first-order valence-corrected chi connectivity index (χ1v) is 7.50. The van der Waals surface area contributed by atoms with Crippen LogP contribution in [0.15, 0.2) is 71.7 Å². The minimum absolute atomic E-state index is 0.126. The van der Waals surface area contributed by atoms with E-state index < -0.39 is 0 Å². The van der Waals surface area contributed by atoms with Crippen molar-refractivity contribution in [2.45, 2.75) is 0 Å². The van der Waals surface area contributed by atoms with Crippen LogP contribution in [0.1, 0.15) is 15.9 Å². The third-order valence-electron chi connectivity index (χ3n) is 3.94. The van der Waals surface area contributed by atoms with Gasteiger partial charge in [0.25, 0.3) is 0 Å². The molecule has 2 aromatic carbocycles. The molecule has 0 aliphatic heterocycles. The van der Waals surface area contributed by atoms with Crippen molar-refractivity contribution < 1.29 is 4.79 Å². The van der Waals surface area contributed by atoms with Gasteiger partial charge in [0.05, 0.1) is 22.8 Å². The summed E-state index contributed by atoms with van der Waals surface area (Å²) in [6.07, 6.45) is 1.44. The molecule has 0 unspecified atom stereocenters. The molecule has 0 saturated heterocycles. The van der Waals surface area contributed by atoms with Crippen LogP contribution in [-0.2, 0) is 0 Å². The molecule has 2 heterocycles.